The number of ether oxygens (including phenoxy) is 1. The molecule has 0 aliphatic heterocycles. The summed E-state index contributed by atoms with van der Waals surface area (Å²) in [4.78, 5) is 22.3. The van der Waals surface area contributed by atoms with Crippen LogP contribution in [0.2, 0.25) is 0 Å². The summed E-state index contributed by atoms with van der Waals surface area (Å²) in [5, 5.41) is 0.599. The zero-order valence-electron chi connectivity index (χ0n) is 23.1. The van der Waals surface area contributed by atoms with E-state index in [2.05, 4.69) is 4.90 Å². The number of hydrogen-bond acceptors (Lipinski definition) is 7. The molecule has 0 aliphatic carbocycles. The molecule has 1 amide bonds. The number of benzene rings is 3. The molecule has 8 nitrogen and oxygen atoms in total. The number of fused-ring (bicyclic) bond motifs is 1. The standard InChI is InChI=1S/C29H34N4O4S2.ClH/c1-5-37-24-14-17-26-27(20-24)38-29(30-26)33(19-9-18-31(2)3)28(34)23-12-15-25(16-13-23)39(35,36)32(4)21-22-10-7-6-8-11-22;/h6-8,10-17,20H,5,9,18-19,21H2,1-4H3;1H. The van der Waals surface area contributed by atoms with Crippen molar-refractivity contribution in [2.24, 2.45) is 0 Å². The van der Waals surface area contributed by atoms with Gasteiger partial charge in [-0.1, -0.05) is 41.7 Å². The smallest absolute Gasteiger partial charge is 0.260 e. The Bertz CT molecular complexity index is 1510. The molecule has 0 radical (unpaired) electrons. The highest BCUT2D eigenvalue weighted by molar-refractivity contribution is 7.89. The third-order valence-electron chi connectivity index (χ3n) is 6.18. The quantitative estimate of drug-likeness (QED) is 0.212. The lowest BCUT2D eigenvalue weighted by Crippen LogP contribution is -2.33. The fourth-order valence-electron chi connectivity index (χ4n) is 4.12. The fraction of sp³-hybridized carbons (Fsp3) is 0.310. The molecule has 0 bridgehead atoms. The van der Waals surface area contributed by atoms with Gasteiger partial charge in [-0.2, -0.15) is 4.31 Å². The van der Waals surface area contributed by atoms with Gasteiger partial charge >= 0.3 is 0 Å². The number of nitrogens with zero attached hydrogens (tertiary/aromatic N) is 4. The molecule has 11 heteroatoms. The number of hydrogen-bond donors (Lipinski definition) is 0. The van der Waals surface area contributed by atoms with Crippen LogP contribution in [0.1, 0.15) is 29.3 Å². The monoisotopic (exact) mass is 602 g/mol. The van der Waals surface area contributed by atoms with Crippen LogP contribution in [0.4, 0.5) is 5.13 Å². The lowest BCUT2D eigenvalue weighted by atomic mass is 10.2. The van der Waals surface area contributed by atoms with Crippen molar-refractivity contribution >= 4 is 55.0 Å². The first-order chi connectivity index (χ1) is 18.7. The Morgan fingerprint density at radius 3 is 2.30 bits per heavy atom. The second-order valence-electron chi connectivity index (χ2n) is 9.44. The van der Waals surface area contributed by atoms with Gasteiger partial charge in [-0.3, -0.25) is 9.69 Å². The van der Waals surface area contributed by atoms with Gasteiger partial charge in [0.1, 0.15) is 5.75 Å². The predicted octanol–water partition coefficient (Wildman–Crippen LogP) is 5.54. The number of carbonyl (C=O) groups excluding carboxylic acids is 1. The Balaban J connectivity index is 0.00000441. The largest absolute Gasteiger partial charge is 0.494 e. The molecule has 0 saturated heterocycles. The van der Waals surface area contributed by atoms with Crippen LogP contribution >= 0.6 is 23.7 Å². The van der Waals surface area contributed by atoms with Crippen LogP contribution in [-0.2, 0) is 16.6 Å². The molecule has 1 heterocycles. The van der Waals surface area contributed by atoms with E-state index in [-0.39, 0.29) is 29.8 Å². The highest BCUT2D eigenvalue weighted by Crippen LogP contribution is 2.32. The number of thiazole rings is 1. The van der Waals surface area contributed by atoms with Crippen LogP contribution in [0.5, 0.6) is 5.75 Å². The number of halogens is 1. The highest BCUT2D eigenvalue weighted by Gasteiger charge is 2.24. The van der Waals surface area contributed by atoms with E-state index in [9.17, 15) is 13.2 Å². The molecule has 40 heavy (non-hydrogen) atoms. The van der Waals surface area contributed by atoms with Gasteiger partial charge in [-0.25, -0.2) is 13.4 Å². The second kappa shape index (κ2) is 14.0. The molecule has 0 unspecified atom stereocenters. The van der Waals surface area contributed by atoms with Crippen molar-refractivity contribution in [1.29, 1.82) is 0 Å². The molecule has 0 atom stereocenters. The third-order valence-corrected chi connectivity index (χ3v) is 9.04. The summed E-state index contributed by atoms with van der Waals surface area (Å²) < 4.78 is 34.2. The Kier molecular flexibility index (Phi) is 11.1. The minimum Gasteiger partial charge on any atom is -0.494 e. The second-order valence-corrected chi connectivity index (χ2v) is 12.5. The van der Waals surface area contributed by atoms with Crippen molar-refractivity contribution in [3.05, 3.63) is 83.9 Å². The summed E-state index contributed by atoms with van der Waals surface area (Å²) in [5.41, 5.74) is 2.10. The van der Waals surface area contributed by atoms with E-state index in [4.69, 9.17) is 9.72 Å². The predicted molar refractivity (Wildman–Crippen MR) is 164 cm³/mol. The Morgan fingerprint density at radius 1 is 0.950 bits per heavy atom. The number of amides is 1. The zero-order chi connectivity index (χ0) is 28.0. The molecule has 0 aliphatic rings. The minimum atomic E-state index is -3.72. The topological polar surface area (TPSA) is 83.0 Å². The Morgan fingerprint density at radius 2 is 1.65 bits per heavy atom. The minimum absolute atomic E-state index is 0. The SMILES string of the molecule is CCOc1ccc2nc(N(CCCN(C)C)C(=O)c3ccc(S(=O)(=O)N(C)Cc4ccccc4)cc3)sc2c1.Cl. The average molecular weight is 603 g/mol. The van der Waals surface area contributed by atoms with Gasteiger partial charge in [-0.15, -0.1) is 12.4 Å². The Hall–Kier alpha value is -3.02. The average Bonchev–Trinajstić information content (AvgIpc) is 3.34. The first-order valence-electron chi connectivity index (χ1n) is 12.8. The maximum absolute atomic E-state index is 13.7. The molecule has 1 aromatic heterocycles. The van der Waals surface area contributed by atoms with Gasteiger partial charge in [0.05, 0.1) is 21.7 Å². The van der Waals surface area contributed by atoms with Gasteiger partial charge in [-0.05, 0) is 82.0 Å². The van der Waals surface area contributed by atoms with Gasteiger partial charge in [0.25, 0.3) is 5.91 Å². The van der Waals surface area contributed by atoms with Gasteiger partial charge in [0.15, 0.2) is 5.13 Å². The van der Waals surface area contributed by atoms with Crippen LogP contribution in [0.3, 0.4) is 0 Å². The van der Waals surface area contributed by atoms with E-state index in [1.807, 2.05) is 69.6 Å². The number of sulfonamides is 1. The highest BCUT2D eigenvalue weighted by atomic mass is 35.5. The molecule has 0 spiro atoms. The number of rotatable bonds is 12. The molecule has 0 fully saturated rings. The molecular formula is C29H35ClN4O4S2. The number of anilines is 1. The number of aromatic nitrogens is 1. The fourth-order valence-corrected chi connectivity index (χ4v) is 6.30. The van der Waals surface area contributed by atoms with Crippen molar-refractivity contribution in [3.8, 4) is 5.75 Å². The summed E-state index contributed by atoms with van der Waals surface area (Å²) in [6.45, 7) is 4.06. The lowest BCUT2D eigenvalue weighted by molar-refractivity contribution is 0.0986. The summed E-state index contributed by atoms with van der Waals surface area (Å²) >= 11 is 1.44. The molecule has 4 aromatic rings. The van der Waals surface area contributed by atoms with Crippen molar-refractivity contribution < 1.29 is 17.9 Å². The third kappa shape index (κ3) is 7.58. The summed E-state index contributed by atoms with van der Waals surface area (Å²) in [7, 11) is 1.82. The van der Waals surface area contributed by atoms with E-state index in [1.165, 1.54) is 27.8 Å². The van der Waals surface area contributed by atoms with Crippen molar-refractivity contribution in [2.45, 2.75) is 24.8 Å². The van der Waals surface area contributed by atoms with Gasteiger partial charge in [0, 0.05) is 25.7 Å². The summed E-state index contributed by atoms with van der Waals surface area (Å²) in [5.74, 6) is 0.541. The molecule has 0 N–H and O–H groups in total. The van der Waals surface area contributed by atoms with E-state index in [0.717, 1.165) is 34.5 Å². The van der Waals surface area contributed by atoms with Crippen molar-refractivity contribution in [2.75, 3.05) is 45.7 Å². The Labute approximate surface area is 246 Å². The van der Waals surface area contributed by atoms with E-state index < -0.39 is 10.0 Å². The first kappa shape index (κ1) is 31.5. The first-order valence-corrected chi connectivity index (χ1v) is 15.0. The molecular weight excluding hydrogens is 568 g/mol. The lowest BCUT2D eigenvalue weighted by Gasteiger charge is -2.21. The maximum atomic E-state index is 13.7. The van der Waals surface area contributed by atoms with Crippen LogP contribution < -0.4 is 9.64 Å². The van der Waals surface area contributed by atoms with Crippen LogP contribution in [0.25, 0.3) is 10.2 Å². The van der Waals surface area contributed by atoms with Crippen molar-refractivity contribution in [1.82, 2.24) is 14.2 Å². The van der Waals surface area contributed by atoms with Gasteiger partial charge < -0.3 is 9.64 Å². The van der Waals surface area contributed by atoms with Crippen LogP contribution in [0, 0.1) is 0 Å². The van der Waals surface area contributed by atoms with E-state index in [0.29, 0.717) is 23.8 Å². The maximum Gasteiger partial charge on any atom is 0.260 e. The van der Waals surface area contributed by atoms with Gasteiger partial charge in [0.2, 0.25) is 10.0 Å². The van der Waals surface area contributed by atoms with E-state index >= 15 is 0 Å². The molecule has 4 rings (SSSR count). The van der Waals surface area contributed by atoms with Crippen molar-refractivity contribution in [3.63, 3.8) is 0 Å². The molecule has 0 saturated carbocycles. The molecule has 3 aromatic carbocycles. The normalized spacial score (nSPS) is 11.6. The number of carbonyl (C=O) groups is 1. The summed E-state index contributed by atoms with van der Waals surface area (Å²) in [6, 6.07) is 21.3. The zero-order valence-corrected chi connectivity index (χ0v) is 25.6. The van der Waals surface area contributed by atoms with Crippen LogP contribution in [0.15, 0.2) is 77.7 Å². The summed E-state index contributed by atoms with van der Waals surface area (Å²) in [6.07, 6.45) is 0.760. The van der Waals surface area contributed by atoms with Crippen LogP contribution in [-0.4, -0.2) is 69.4 Å². The molecule has 214 valence electrons. The van der Waals surface area contributed by atoms with E-state index in [1.54, 1.807) is 24.1 Å².